The number of amides is 1. The monoisotopic (exact) mass is 571 g/mol. The predicted molar refractivity (Wildman–Crippen MR) is 138 cm³/mol. The van der Waals surface area contributed by atoms with Gasteiger partial charge in [0.25, 0.3) is 0 Å². The molecule has 1 aliphatic carbocycles. The Labute approximate surface area is 226 Å². The molecule has 0 atom stereocenters. The molecule has 2 fully saturated rings. The van der Waals surface area contributed by atoms with Crippen LogP contribution in [-0.4, -0.2) is 44.7 Å². The van der Waals surface area contributed by atoms with Crippen molar-refractivity contribution >= 4 is 57.9 Å². The minimum absolute atomic E-state index is 0.0947. The first-order valence-electron chi connectivity index (χ1n) is 12.3. The largest absolute Gasteiger partial charge is 0.416 e. The highest BCUT2D eigenvalue weighted by Crippen LogP contribution is 2.42. The first-order chi connectivity index (χ1) is 18.1. The summed E-state index contributed by atoms with van der Waals surface area (Å²) in [6, 6.07) is 1.70. The highest BCUT2D eigenvalue weighted by Gasteiger charge is 2.33. The Bertz CT molecular complexity index is 1310. The molecule has 0 radical (unpaired) electrons. The van der Waals surface area contributed by atoms with E-state index in [0.717, 1.165) is 25.0 Å². The van der Waals surface area contributed by atoms with Crippen LogP contribution in [-0.2, 0) is 15.7 Å². The van der Waals surface area contributed by atoms with Gasteiger partial charge in [-0.25, -0.2) is 9.97 Å². The van der Waals surface area contributed by atoms with Crippen LogP contribution < -0.4 is 16.4 Å². The first kappa shape index (κ1) is 26.8. The van der Waals surface area contributed by atoms with Crippen molar-refractivity contribution in [3.8, 4) is 0 Å². The second kappa shape index (κ2) is 10.7. The van der Waals surface area contributed by atoms with Gasteiger partial charge in [-0.3, -0.25) is 9.36 Å². The highest BCUT2D eigenvalue weighted by molar-refractivity contribution is 6.39. The summed E-state index contributed by atoms with van der Waals surface area (Å²) in [4.78, 5) is 25.5. The van der Waals surface area contributed by atoms with Crippen molar-refractivity contribution in [1.29, 1.82) is 0 Å². The van der Waals surface area contributed by atoms with E-state index in [1.165, 1.54) is 0 Å². The Kier molecular flexibility index (Phi) is 7.56. The Hall–Kier alpha value is -2.83. The smallest absolute Gasteiger partial charge is 0.381 e. The number of nitrogens with one attached hydrogen (secondary N) is 2. The lowest BCUT2D eigenvalue weighted by Gasteiger charge is -2.29. The van der Waals surface area contributed by atoms with Crippen molar-refractivity contribution in [2.75, 3.05) is 23.8 Å². The summed E-state index contributed by atoms with van der Waals surface area (Å²) in [5.41, 5.74) is 5.69. The number of rotatable bonds is 6. The number of nitrogens with zero attached hydrogens (tertiary/aromatic N) is 4. The van der Waals surface area contributed by atoms with Gasteiger partial charge >= 0.3 is 6.18 Å². The lowest BCUT2D eigenvalue weighted by Crippen LogP contribution is -2.29. The molecule has 204 valence electrons. The van der Waals surface area contributed by atoms with Crippen LogP contribution in [0.2, 0.25) is 10.0 Å². The molecule has 1 aromatic carbocycles. The first-order valence-corrected chi connectivity index (χ1v) is 13.1. The molecule has 0 bridgehead atoms. The molecule has 4 N–H and O–H groups in total. The molecule has 1 saturated heterocycles. The van der Waals surface area contributed by atoms with E-state index in [2.05, 4.69) is 20.6 Å². The molecular weight excluding hydrogens is 546 g/mol. The van der Waals surface area contributed by atoms with Gasteiger partial charge in [-0.15, -0.1) is 0 Å². The molecule has 1 aliphatic heterocycles. The normalized spacial score (nSPS) is 21.0. The third-order valence-corrected chi connectivity index (χ3v) is 7.65. The van der Waals surface area contributed by atoms with Gasteiger partial charge in [-0.05, 0) is 50.7 Å². The number of nitrogens with two attached hydrogens (primary N) is 1. The maximum Gasteiger partial charge on any atom is 0.416 e. The van der Waals surface area contributed by atoms with Crippen molar-refractivity contribution in [3.05, 3.63) is 33.9 Å². The summed E-state index contributed by atoms with van der Waals surface area (Å²) in [5.74, 6) is 0.208. The molecule has 2 aromatic heterocycles. The molecular formula is C24H26Cl2F3N7O2. The van der Waals surface area contributed by atoms with Crippen molar-refractivity contribution in [3.63, 3.8) is 0 Å². The lowest BCUT2D eigenvalue weighted by molar-refractivity contribution is -0.137. The number of imidazole rings is 1. The van der Waals surface area contributed by atoms with Crippen molar-refractivity contribution in [1.82, 2.24) is 19.5 Å². The van der Waals surface area contributed by atoms with Crippen LogP contribution in [0.15, 0.2) is 18.3 Å². The molecule has 1 amide bonds. The maximum absolute atomic E-state index is 13.2. The van der Waals surface area contributed by atoms with Gasteiger partial charge in [0.05, 0.1) is 27.5 Å². The highest BCUT2D eigenvalue weighted by atomic mass is 35.5. The standard InChI is InChI=1S/C24H26Cl2F3N7O2/c25-16-9-13(24(27,28)29)10-17(26)19(16)34-23-33-18-11-31-22(32-14-5-7-38-8-6-14)35-21(18)36(23)15-3-1-12(2-4-15)20(30)37/h9-12,14-15H,1-8H2,(H2,30,37)(H,33,34)(H,31,32,35)/t12-,15-. The van der Waals surface area contributed by atoms with Gasteiger partial charge in [-0.2, -0.15) is 18.2 Å². The Morgan fingerprint density at radius 2 is 1.71 bits per heavy atom. The van der Waals surface area contributed by atoms with Crippen LogP contribution in [0.3, 0.4) is 0 Å². The predicted octanol–water partition coefficient (Wildman–Crippen LogP) is 5.70. The number of primary amides is 1. The van der Waals surface area contributed by atoms with E-state index in [1.54, 1.807) is 6.20 Å². The van der Waals surface area contributed by atoms with Crippen molar-refractivity contribution in [2.45, 2.75) is 56.8 Å². The number of hydrogen-bond acceptors (Lipinski definition) is 7. The molecule has 38 heavy (non-hydrogen) atoms. The van der Waals surface area contributed by atoms with E-state index in [4.69, 9.17) is 38.7 Å². The number of fused-ring (bicyclic) bond motifs is 1. The molecule has 14 heteroatoms. The number of hydrogen-bond donors (Lipinski definition) is 3. The number of benzene rings is 1. The molecule has 9 nitrogen and oxygen atoms in total. The summed E-state index contributed by atoms with van der Waals surface area (Å²) in [6.45, 7) is 1.31. The van der Waals surface area contributed by atoms with Crippen molar-refractivity contribution < 1.29 is 22.7 Å². The third kappa shape index (κ3) is 5.62. The Morgan fingerprint density at radius 3 is 2.32 bits per heavy atom. The number of carbonyl (C=O) groups excluding carboxylic acids is 1. The second-order valence-corrected chi connectivity index (χ2v) is 10.4. The minimum Gasteiger partial charge on any atom is -0.381 e. The average molecular weight is 572 g/mol. The number of aromatic nitrogens is 4. The van der Waals surface area contributed by atoms with Gasteiger partial charge in [-0.1, -0.05) is 23.2 Å². The van der Waals surface area contributed by atoms with E-state index >= 15 is 0 Å². The van der Waals surface area contributed by atoms with Crippen molar-refractivity contribution in [2.24, 2.45) is 11.7 Å². The van der Waals surface area contributed by atoms with E-state index in [1.807, 2.05) is 4.57 Å². The van der Waals surface area contributed by atoms with Gasteiger partial charge < -0.3 is 21.1 Å². The molecule has 0 spiro atoms. The molecule has 1 saturated carbocycles. The summed E-state index contributed by atoms with van der Waals surface area (Å²) in [6.07, 6.45) is 1.12. The van der Waals surface area contributed by atoms with Crippen LogP contribution in [0, 0.1) is 5.92 Å². The fraction of sp³-hybridized carbons (Fsp3) is 0.500. The number of halogens is 5. The fourth-order valence-corrected chi connectivity index (χ4v) is 5.59. The average Bonchev–Trinajstić information content (AvgIpc) is 3.23. The lowest BCUT2D eigenvalue weighted by atomic mass is 9.85. The topological polar surface area (TPSA) is 120 Å². The second-order valence-electron chi connectivity index (χ2n) is 9.58. The van der Waals surface area contributed by atoms with Gasteiger partial charge in [0.15, 0.2) is 5.65 Å². The van der Waals surface area contributed by atoms with Gasteiger partial charge in [0, 0.05) is 31.2 Å². The number of alkyl halides is 3. The van der Waals surface area contributed by atoms with Gasteiger partial charge in [0.1, 0.15) is 5.52 Å². The van der Waals surface area contributed by atoms with Gasteiger partial charge in [0.2, 0.25) is 17.8 Å². The van der Waals surface area contributed by atoms with E-state index in [-0.39, 0.29) is 39.6 Å². The van der Waals surface area contributed by atoms with Crippen LogP contribution in [0.4, 0.5) is 30.8 Å². The number of anilines is 3. The molecule has 2 aliphatic rings. The quantitative estimate of drug-likeness (QED) is 0.347. The fourth-order valence-electron chi connectivity index (χ4n) is 5.01. The minimum atomic E-state index is -4.60. The Morgan fingerprint density at radius 1 is 1.05 bits per heavy atom. The van der Waals surface area contributed by atoms with E-state index in [9.17, 15) is 18.0 Å². The summed E-state index contributed by atoms with van der Waals surface area (Å²) < 4.78 is 47.0. The zero-order chi connectivity index (χ0) is 27.0. The molecule has 0 unspecified atom stereocenters. The molecule has 3 aromatic rings. The van der Waals surface area contributed by atoms with Crippen LogP contribution in [0.25, 0.3) is 11.2 Å². The van der Waals surface area contributed by atoms with Crippen LogP contribution >= 0.6 is 23.2 Å². The SMILES string of the molecule is NC(=O)[C@H]1CC[C@H](n2c(Nc3c(Cl)cc(C(F)(F)F)cc3Cl)nc3cnc(NC4CCOCC4)nc32)CC1. The maximum atomic E-state index is 13.2. The third-order valence-electron chi connectivity index (χ3n) is 7.06. The van der Waals surface area contributed by atoms with E-state index < -0.39 is 11.7 Å². The summed E-state index contributed by atoms with van der Waals surface area (Å²) in [7, 11) is 0. The zero-order valence-electron chi connectivity index (χ0n) is 20.2. The molecule has 3 heterocycles. The summed E-state index contributed by atoms with van der Waals surface area (Å²) >= 11 is 12.5. The summed E-state index contributed by atoms with van der Waals surface area (Å²) in [5, 5.41) is 5.98. The van der Waals surface area contributed by atoms with Crippen LogP contribution in [0.5, 0.6) is 0 Å². The zero-order valence-corrected chi connectivity index (χ0v) is 21.7. The van der Waals surface area contributed by atoms with Crippen LogP contribution in [0.1, 0.15) is 50.1 Å². The Balaban J connectivity index is 1.52. The number of carbonyl (C=O) groups is 1. The number of ether oxygens (including phenoxy) is 1. The molecule has 5 rings (SSSR count). The van der Waals surface area contributed by atoms with E-state index in [0.29, 0.717) is 62.0 Å².